The fraction of sp³-hybridized carbons (Fsp3) is 0.0233. The van der Waals surface area contributed by atoms with Gasteiger partial charge in [0.25, 0.3) is 0 Å². The van der Waals surface area contributed by atoms with Crippen LogP contribution < -0.4 is 0 Å². The first-order chi connectivity index (χ1) is 27.4. The molecule has 0 aromatic heterocycles. The predicted octanol–water partition coefficient (Wildman–Crippen LogP) is 7.89. The smallest absolute Gasteiger partial charge is 0.569 e. The SMILES string of the molecule is O=C=NCN=C=O.[CH2-]N=C=O.[CH2-]N=C=O.[CH2-]N=C=O.[CH2-]N=C=O.[CH2-]N=C=O.[CH2-]N=C=O.[CH2-]N=C=O.[CH2-]N=C=O.[CH2-]N=C=O.[CH2-]N=C=O.[CH2-]N=C=O.[CH2-]N=C=O.[CH2-]O.[CH3-].[CH3-].[CH3-].[CH3-].[CH3-].[CH3-].[CH3-].[CH3-].[CH3-].[CH3-].[CH3-].[CH3-].[CH3-].[CH3-].[CH3-].[U+2].[U+2].[U].[U].[U].[U].[U].[U].[U].[U].[U].[U].[U].[U].[U].[U].[U].[U].[U].[U].[U].[U].[U].[U].[U].[U]. The van der Waals surface area contributed by atoms with Crippen molar-refractivity contribution >= 4 is 85.1 Å². The van der Waals surface area contributed by atoms with Crippen molar-refractivity contribution in [2.75, 3.05) is 6.67 Å². The Balaban J connectivity index is -0.00000000373. The summed E-state index contributed by atoms with van der Waals surface area (Å²) < 4.78 is 0. The van der Waals surface area contributed by atoms with Crippen LogP contribution in [0.25, 0.3) is 0 Å². The molecular weight excluding hydrogens is 7140 g/mol. The molecule has 0 atom stereocenters. The third-order valence-electron chi connectivity index (χ3n) is 1.05. The molecule has 0 aliphatic rings. The van der Waals surface area contributed by atoms with Crippen molar-refractivity contribution in [1.82, 2.24) is 0 Å². The van der Waals surface area contributed by atoms with Gasteiger partial charge in [-0.3, -0.25) is 0 Å². The maximum Gasteiger partial charge on any atom is 2.00 e. The number of isocyanates is 14. The van der Waals surface area contributed by atoms with Crippen LogP contribution >= 0.6 is 0 Å². The molecular formula is C43H74N14O15U26-24. The zero-order valence-corrected chi connectivity index (χ0v) is 166. The van der Waals surface area contributed by atoms with Crippen LogP contribution in [-0.2, 0) is 67.1 Å². The monoisotopic (exact) mass is 7220 g/mol. The Kier molecular flexibility index (Phi) is 2910. The van der Waals surface area contributed by atoms with Crippen LogP contribution in [0.15, 0.2) is 69.9 Å². The van der Waals surface area contributed by atoms with Gasteiger partial charge >= 0.3 is 62.2 Å². The Bertz CT molecular complexity index is 1220. The van der Waals surface area contributed by atoms with E-state index in [0.29, 0.717) is 0 Å². The summed E-state index contributed by atoms with van der Waals surface area (Å²) in [6, 6.07) is 0. The van der Waals surface area contributed by atoms with Crippen LogP contribution in [0.5, 0.6) is 0 Å². The number of nitrogens with zero attached hydrogens (tertiary/aromatic N) is 14. The summed E-state index contributed by atoms with van der Waals surface area (Å²) in [6.07, 6.45) is 16.7. The molecule has 0 radical (unpaired) electrons. The van der Waals surface area contributed by atoms with E-state index in [1.807, 2.05) is 0 Å². The molecule has 0 rings (SSSR count). The van der Waals surface area contributed by atoms with Gasteiger partial charge in [0.15, 0.2) is 6.67 Å². The largest absolute Gasteiger partial charge is 2.00 e. The number of hydrogen-bond acceptors (Lipinski definition) is 29. The summed E-state index contributed by atoms with van der Waals surface area (Å²) in [5.41, 5.74) is 0. The normalized spacial score (nSPS) is 2.43. The van der Waals surface area contributed by atoms with E-state index in [1.165, 1.54) is 85.1 Å². The zero-order valence-electron chi connectivity index (χ0n) is 57.3. The standard InChI is InChI=1S/C3H2N2O2.12C2H2NO.CH3O.15CH3.26U/c6-2-4-1-5-3-7;12*1-3-2-4;1-2;;;;;;;;;;;;;;;;;;;;;;;;;;;;;;;;;;;;;;;;;/h1H2;12*1H2;2H,1H2;15*1H3;;;;;;;;;;;;;;;;;;;;;;;;;;/q;28*-1;;;;;;;;;;;;;;;;;;;;;;;;;2*+2. The molecule has 0 fully saturated rings. The summed E-state index contributed by atoms with van der Waals surface area (Å²) in [4.78, 5) is 162. The Morgan fingerprint density at radius 1 is 0.163 bits per heavy atom. The zero-order chi connectivity index (χ0) is 48.5. The van der Waals surface area contributed by atoms with Crippen molar-refractivity contribution in [3.05, 3.63) is 203 Å². The maximum absolute atomic E-state index is 9.20. The van der Waals surface area contributed by atoms with E-state index >= 15 is 0 Å². The average Bonchev–Trinajstić information content (AvgIpc) is 3.30. The van der Waals surface area contributed by atoms with E-state index in [4.69, 9.17) is 62.6 Å². The van der Waals surface area contributed by atoms with Crippen molar-refractivity contribution in [3.8, 4) is 0 Å². The molecule has 0 amide bonds. The van der Waals surface area contributed by atoms with Crippen molar-refractivity contribution in [2.45, 2.75) is 0 Å². The fourth-order valence-corrected chi connectivity index (χ4v) is 0.0931. The van der Waals surface area contributed by atoms with Crippen molar-refractivity contribution in [2.24, 2.45) is 69.9 Å². The van der Waals surface area contributed by atoms with Gasteiger partial charge in [-0.1, -0.05) is 0 Å². The minimum Gasteiger partial charge on any atom is -0.569 e. The second-order valence-corrected chi connectivity index (χ2v) is 3.63. The molecule has 0 aromatic carbocycles. The van der Waals surface area contributed by atoms with Crippen LogP contribution in [-0.4, -0.2) is 96.9 Å². The van der Waals surface area contributed by atoms with Gasteiger partial charge in [-0.25, -0.2) is 16.7 Å². The minimum atomic E-state index is -0.160. The number of rotatable bonds is 2. The molecule has 0 aliphatic heterocycles. The molecule has 0 spiro atoms. The minimum absolute atomic E-state index is 0. The van der Waals surface area contributed by atoms with Gasteiger partial charge in [-0.15, -0.1) is 0 Å². The second-order valence-electron chi connectivity index (χ2n) is 3.63. The Hall–Kier alpha value is 17.1. The molecule has 1 N–H and O–H groups in total. The summed E-state index contributed by atoms with van der Waals surface area (Å²) in [5, 5.41) is 6.75. The maximum atomic E-state index is 9.20. The molecule has 55 heteroatoms. The molecule has 0 aliphatic carbocycles. The Morgan fingerprint density at radius 2 is 0.204 bits per heavy atom. The number of aliphatic imine (C=N–C) groups is 14. The quantitative estimate of drug-likeness (QED) is 0.156. The van der Waals surface area contributed by atoms with Crippen LogP contribution in [0.2, 0.25) is 0 Å². The first-order valence-corrected chi connectivity index (χ1v) is 10.7. The van der Waals surface area contributed by atoms with Crippen molar-refractivity contribution in [3.63, 3.8) is 0 Å². The van der Waals surface area contributed by atoms with Crippen molar-refractivity contribution in [1.29, 1.82) is 0 Å². The van der Waals surface area contributed by atoms with Gasteiger partial charge in [0.1, 0.15) is 0 Å². The fourth-order valence-electron chi connectivity index (χ4n) is 0.0931. The molecule has 0 aromatic rings. The van der Waals surface area contributed by atoms with E-state index in [2.05, 4.69) is 162 Å². The van der Waals surface area contributed by atoms with Crippen LogP contribution in [0.4, 0.5) is 0 Å². The Morgan fingerprint density at radius 3 is 0.224 bits per heavy atom. The van der Waals surface area contributed by atoms with E-state index in [-0.39, 0.29) is 927 Å². The van der Waals surface area contributed by atoms with Gasteiger partial charge in [-0.2, -0.15) is 94.6 Å². The summed E-state index contributed by atoms with van der Waals surface area (Å²) in [7, 11) is 35.9. The third-order valence-corrected chi connectivity index (χ3v) is 1.05. The van der Waals surface area contributed by atoms with Crippen molar-refractivity contribution < 1.29 is 881 Å². The Labute approximate surface area is 1210 Å². The number of hydrogen-bond donors (Lipinski definition) is 1. The summed E-state index contributed by atoms with van der Waals surface area (Å²) in [5.74, 6) is 0. The van der Waals surface area contributed by atoms with Crippen LogP contribution in [0, 0.1) is 1010 Å². The van der Waals surface area contributed by atoms with E-state index < -0.39 is 0 Å². The first-order valence-electron chi connectivity index (χ1n) is 10.7. The predicted molar refractivity (Wildman–Crippen MR) is 286 cm³/mol. The third kappa shape index (κ3) is 1300. The number of aliphatic hydroxyl groups excluding tert-OH is 1. The van der Waals surface area contributed by atoms with Gasteiger partial charge in [0.2, 0.25) is 12.2 Å². The molecule has 0 heterocycles. The molecule has 534 valence electrons. The van der Waals surface area contributed by atoms with E-state index in [0.717, 1.165) is 0 Å². The first kappa shape index (κ1) is 415. The van der Waals surface area contributed by atoms with Crippen LogP contribution in [0.1, 0.15) is 0 Å². The molecule has 98 heavy (non-hydrogen) atoms. The van der Waals surface area contributed by atoms with E-state index in [9.17, 15) is 9.59 Å². The van der Waals surface area contributed by atoms with E-state index in [1.54, 1.807) is 0 Å². The number of aliphatic hydroxyl groups is 1. The topological polar surface area (TPSA) is 432 Å². The molecule has 0 unspecified atom stereocenters. The molecule has 29 nitrogen and oxygen atoms in total. The van der Waals surface area contributed by atoms with Gasteiger partial charge < -0.3 is 234 Å². The van der Waals surface area contributed by atoms with Gasteiger partial charge in [0.05, 0.1) is 0 Å². The van der Waals surface area contributed by atoms with Gasteiger partial charge in [-0.05, 0) is 73.0 Å². The van der Waals surface area contributed by atoms with Crippen LogP contribution in [0.3, 0.4) is 0 Å². The molecule has 0 saturated heterocycles. The molecule has 0 saturated carbocycles. The molecule has 0 bridgehead atoms. The average molecular weight is 7220 g/mol. The number of carbonyl (C=O) groups excluding carboxylic acids is 14. The summed E-state index contributed by atoms with van der Waals surface area (Å²) >= 11 is 0. The van der Waals surface area contributed by atoms with Gasteiger partial charge in [0, 0.05) is 747 Å². The summed E-state index contributed by atoms with van der Waals surface area (Å²) in [6.45, 7) is -0.160. The second kappa shape index (κ2) is 687.